The summed E-state index contributed by atoms with van der Waals surface area (Å²) in [6.45, 7) is 0. The molecule has 0 saturated heterocycles. The van der Waals surface area contributed by atoms with Crippen LogP contribution in [-0.4, -0.2) is 28.2 Å². The summed E-state index contributed by atoms with van der Waals surface area (Å²) in [7, 11) is 1.20. The van der Waals surface area contributed by atoms with Gasteiger partial charge < -0.3 is 14.9 Å². The largest absolute Gasteiger partial charge is 0.502 e. The lowest BCUT2D eigenvalue weighted by molar-refractivity contribution is -0.385. The molecule has 0 saturated carbocycles. The van der Waals surface area contributed by atoms with Crippen molar-refractivity contribution in [3.8, 4) is 11.5 Å². The monoisotopic (exact) mass is 213 g/mol. The Bertz CT molecular complexity index is 427. The van der Waals surface area contributed by atoms with E-state index in [9.17, 15) is 20.0 Å². The average Bonchev–Trinajstić information content (AvgIpc) is 2.16. The predicted molar refractivity (Wildman–Crippen MR) is 48.3 cm³/mol. The molecule has 7 nitrogen and oxygen atoms in total. The second-order valence-electron chi connectivity index (χ2n) is 2.60. The summed E-state index contributed by atoms with van der Waals surface area (Å²) in [6, 6.07) is 1.64. The van der Waals surface area contributed by atoms with Gasteiger partial charge in [0, 0.05) is 12.1 Å². The molecule has 1 aromatic carbocycles. The van der Waals surface area contributed by atoms with E-state index in [1.54, 1.807) is 0 Å². The Morgan fingerprint density at radius 2 is 2.13 bits per heavy atom. The normalized spacial score (nSPS) is 9.67. The Labute approximate surface area is 83.7 Å². The van der Waals surface area contributed by atoms with Crippen LogP contribution in [0, 0.1) is 10.1 Å². The number of nitrogens with zero attached hydrogens (tertiary/aromatic N) is 1. The maximum atomic E-state index is 10.7. The number of aromatic carboxylic acids is 1. The molecular formula is C8H7NO6. The van der Waals surface area contributed by atoms with Crippen molar-refractivity contribution in [3.05, 3.63) is 27.8 Å². The van der Waals surface area contributed by atoms with Gasteiger partial charge in [-0.1, -0.05) is 0 Å². The topological polar surface area (TPSA) is 110 Å². The van der Waals surface area contributed by atoms with Gasteiger partial charge in [-0.25, -0.2) is 4.79 Å². The van der Waals surface area contributed by atoms with E-state index in [-0.39, 0.29) is 11.3 Å². The van der Waals surface area contributed by atoms with Crippen LogP contribution >= 0.6 is 0 Å². The Kier molecular flexibility index (Phi) is 2.75. The maximum Gasteiger partial charge on any atom is 0.339 e. The molecule has 0 fully saturated rings. The molecule has 0 heterocycles. The number of carbonyl (C=O) groups is 1. The third-order valence-electron chi connectivity index (χ3n) is 1.72. The number of rotatable bonds is 3. The molecule has 80 valence electrons. The molecule has 0 atom stereocenters. The summed E-state index contributed by atoms with van der Waals surface area (Å²) in [4.78, 5) is 20.2. The first-order chi connectivity index (χ1) is 6.97. The first-order valence-corrected chi connectivity index (χ1v) is 3.76. The van der Waals surface area contributed by atoms with Crippen LogP contribution in [0.3, 0.4) is 0 Å². The highest BCUT2D eigenvalue weighted by Crippen LogP contribution is 2.33. The van der Waals surface area contributed by atoms with E-state index in [0.717, 1.165) is 12.1 Å². The molecule has 0 spiro atoms. The smallest absolute Gasteiger partial charge is 0.339 e. The molecular weight excluding hydrogens is 206 g/mol. The molecule has 0 aromatic heterocycles. The van der Waals surface area contributed by atoms with Gasteiger partial charge in [0.25, 0.3) is 0 Å². The fourth-order valence-electron chi connectivity index (χ4n) is 1.04. The van der Waals surface area contributed by atoms with Crippen LogP contribution in [0.25, 0.3) is 0 Å². The summed E-state index contributed by atoms with van der Waals surface area (Å²) in [6.07, 6.45) is 0. The van der Waals surface area contributed by atoms with Crippen molar-refractivity contribution in [1.29, 1.82) is 0 Å². The van der Waals surface area contributed by atoms with E-state index in [1.165, 1.54) is 7.11 Å². The van der Waals surface area contributed by atoms with Gasteiger partial charge in [0.15, 0.2) is 5.75 Å². The second-order valence-corrected chi connectivity index (χ2v) is 2.60. The summed E-state index contributed by atoms with van der Waals surface area (Å²) < 4.78 is 4.66. The molecule has 15 heavy (non-hydrogen) atoms. The van der Waals surface area contributed by atoms with Crippen LogP contribution in [-0.2, 0) is 0 Å². The number of benzene rings is 1. The highest BCUT2D eigenvalue weighted by Gasteiger charge is 2.21. The van der Waals surface area contributed by atoms with Crippen molar-refractivity contribution in [2.45, 2.75) is 0 Å². The van der Waals surface area contributed by atoms with Gasteiger partial charge in [-0.05, 0) is 0 Å². The number of hydrogen-bond acceptors (Lipinski definition) is 5. The molecule has 1 aromatic rings. The number of hydrogen-bond donors (Lipinski definition) is 2. The van der Waals surface area contributed by atoms with E-state index < -0.39 is 22.3 Å². The second kappa shape index (κ2) is 3.82. The number of nitro groups is 1. The quantitative estimate of drug-likeness (QED) is 0.572. The lowest BCUT2D eigenvalue weighted by Gasteiger charge is -2.05. The van der Waals surface area contributed by atoms with Gasteiger partial charge in [0.2, 0.25) is 0 Å². The van der Waals surface area contributed by atoms with Crippen molar-refractivity contribution in [1.82, 2.24) is 0 Å². The fraction of sp³-hybridized carbons (Fsp3) is 0.125. The maximum absolute atomic E-state index is 10.7. The van der Waals surface area contributed by atoms with Crippen LogP contribution in [0.4, 0.5) is 5.69 Å². The number of aromatic hydroxyl groups is 1. The van der Waals surface area contributed by atoms with Crippen molar-refractivity contribution in [2.24, 2.45) is 0 Å². The van der Waals surface area contributed by atoms with Gasteiger partial charge in [-0.2, -0.15) is 0 Å². The van der Waals surface area contributed by atoms with Crippen molar-refractivity contribution < 1.29 is 24.7 Å². The molecule has 0 aliphatic rings. The molecule has 0 unspecified atom stereocenters. The van der Waals surface area contributed by atoms with Crippen molar-refractivity contribution in [2.75, 3.05) is 7.11 Å². The minimum absolute atomic E-state index is 0.134. The summed E-state index contributed by atoms with van der Waals surface area (Å²) in [5.41, 5.74) is -1.05. The van der Waals surface area contributed by atoms with Gasteiger partial charge in [-0.15, -0.1) is 0 Å². The number of carboxylic acids is 1. The summed E-state index contributed by atoms with van der Waals surface area (Å²) in [5, 5.41) is 28.3. The SMILES string of the molecule is COc1cc(O)c([N+](=O)[O-])cc1C(=O)O. The molecule has 2 N–H and O–H groups in total. The molecule has 0 amide bonds. The van der Waals surface area contributed by atoms with E-state index in [0.29, 0.717) is 0 Å². The van der Waals surface area contributed by atoms with E-state index in [2.05, 4.69) is 4.74 Å². The lowest BCUT2D eigenvalue weighted by atomic mass is 10.1. The van der Waals surface area contributed by atoms with Gasteiger partial charge >= 0.3 is 11.7 Å². The number of methoxy groups -OCH3 is 1. The van der Waals surface area contributed by atoms with Crippen molar-refractivity contribution in [3.63, 3.8) is 0 Å². The first kappa shape index (κ1) is 10.8. The van der Waals surface area contributed by atoms with Gasteiger partial charge in [0.1, 0.15) is 11.3 Å². The van der Waals surface area contributed by atoms with Gasteiger partial charge in [0.05, 0.1) is 12.0 Å². The minimum Gasteiger partial charge on any atom is -0.502 e. The molecule has 1 rings (SSSR count). The molecule has 0 bridgehead atoms. The number of ether oxygens (including phenoxy) is 1. The first-order valence-electron chi connectivity index (χ1n) is 3.76. The molecule has 0 aliphatic carbocycles. The zero-order valence-electron chi connectivity index (χ0n) is 7.63. The number of phenols is 1. The standard InChI is InChI=1S/C8H7NO6/c1-15-7-3-6(10)5(9(13)14)2-4(7)8(11)12/h2-3,10H,1H3,(H,11,12). The van der Waals surface area contributed by atoms with Crippen LogP contribution in [0.5, 0.6) is 11.5 Å². The number of phenolic OH excluding ortho intramolecular Hbond substituents is 1. The lowest BCUT2D eigenvalue weighted by Crippen LogP contribution is -2.02. The summed E-state index contributed by atoms with van der Waals surface area (Å²) >= 11 is 0. The molecule has 0 aliphatic heterocycles. The Balaban J connectivity index is 3.43. The third kappa shape index (κ3) is 1.96. The Hall–Kier alpha value is -2.31. The van der Waals surface area contributed by atoms with E-state index >= 15 is 0 Å². The minimum atomic E-state index is -1.37. The van der Waals surface area contributed by atoms with Crippen LogP contribution in [0.15, 0.2) is 12.1 Å². The molecule has 7 heteroatoms. The average molecular weight is 213 g/mol. The highest BCUT2D eigenvalue weighted by atomic mass is 16.6. The van der Waals surface area contributed by atoms with Gasteiger partial charge in [-0.3, -0.25) is 10.1 Å². The molecule has 0 radical (unpaired) electrons. The third-order valence-corrected chi connectivity index (χ3v) is 1.72. The zero-order valence-corrected chi connectivity index (χ0v) is 7.63. The fourth-order valence-corrected chi connectivity index (χ4v) is 1.04. The van der Waals surface area contributed by atoms with Crippen molar-refractivity contribution >= 4 is 11.7 Å². The Morgan fingerprint density at radius 3 is 2.53 bits per heavy atom. The van der Waals surface area contributed by atoms with E-state index in [4.69, 9.17) is 5.11 Å². The van der Waals surface area contributed by atoms with Crippen LogP contribution < -0.4 is 4.74 Å². The number of carboxylic acid groups (broad SMARTS) is 1. The number of nitro benzene ring substituents is 1. The van der Waals surface area contributed by atoms with Crippen LogP contribution in [0.1, 0.15) is 10.4 Å². The van der Waals surface area contributed by atoms with Crippen LogP contribution in [0.2, 0.25) is 0 Å². The summed E-state index contributed by atoms with van der Waals surface area (Å²) in [5.74, 6) is -2.14. The highest BCUT2D eigenvalue weighted by molar-refractivity contribution is 5.92. The Morgan fingerprint density at radius 1 is 1.53 bits per heavy atom. The zero-order chi connectivity index (χ0) is 11.6. The van der Waals surface area contributed by atoms with E-state index in [1.807, 2.05) is 0 Å². The predicted octanol–water partition coefficient (Wildman–Crippen LogP) is 1.01.